The molecule has 1 fully saturated rings. The lowest BCUT2D eigenvalue weighted by atomic mass is 9.81. The number of nitrogens with zero attached hydrogens (tertiary/aromatic N) is 1. The standard InChI is InChI=1S/C15H24N2OS/c1-12(2)17(11-13-7-6-10-19-13)14(18)15(16)8-4-3-5-9-15/h6-7,10,12H,3-5,8-9,11,16H2,1-2H3. The summed E-state index contributed by atoms with van der Waals surface area (Å²) in [6.45, 7) is 4.82. The minimum absolute atomic E-state index is 0.135. The summed E-state index contributed by atoms with van der Waals surface area (Å²) < 4.78 is 0. The van der Waals surface area contributed by atoms with Crippen molar-refractivity contribution < 1.29 is 4.79 Å². The molecule has 1 heterocycles. The van der Waals surface area contributed by atoms with Gasteiger partial charge in [-0.3, -0.25) is 4.79 Å². The quantitative estimate of drug-likeness (QED) is 0.921. The van der Waals surface area contributed by atoms with Gasteiger partial charge in [0, 0.05) is 10.9 Å². The topological polar surface area (TPSA) is 46.3 Å². The molecule has 2 N–H and O–H groups in total. The molecule has 1 amide bonds. The summed E-state index contributed by atoms with van der Waals surface area (Å²) in [6.07, 6.45) is 5.03. The molecule has 0 aromatic carbocycles. The van der Waals surface area contributed by atoms with Crippen LogP contribution in [0.15, 0.2) is 17.5 Å². The van der Waals surface area contributed by atoms with Crippen molar-refractivity contribution in [3.8, 4) is 0 Å². The minimum Gasteiger partial charge on any atom is -0.334 e. The van der Waals surface area contributed by atoms with Gasteiger partial charge in [0.2, 0.25) is 5.91 Å². The Labute approximate surface area is 119 Å². The van der Waals surface area contributed by atoms with E-state index in [9.17, 15) is 4.79 Å². The van der Waals surface area contributed by atoms with Crippen LogP contribution < -0.4 is 5.73 Å². The third-order valence-electron chi connectivity index (χ3n) is 3.96. The van der Waals surface area contributed by atoms with Gasteiger partial charge in [0.25, 0.3) is 0 Å². The Morgan fingerprint density at radius 2 is 2.11 bits per heavy atom. The second kappa shape index (κ2) is 6.06. The molecule has 1 aromatic heterocycles. The Balaban J connectivity index is 2.11. The average molecular weight is 280 g/mol. The molecule has 1 saturated carbocycles. The van der Waals surface area contributed by atoms with E-state index in [1.54, 1.807) is 11.3 Å². The van der Waals surface area contributed by atoms with Gasteiger partial charge in [-0.2, -0.15) is 0 Å². The molecule has 0 aliphatic heterocycles. The molecule has 19 heavy (non-hydrogen) atoms. The third-order valence-corrected chi connectivity index (χ3v) is 4.82. The van der Waals surface area contributed by atoms with Gasteiger partial charge >= 0.3 is 0 Å². The smallest absolute Gasteiger partial charge is 0.243 e. The Morgan fingerprint density at radius 3 is 2.63 bits per heavy atom. The fourth-order valence-electron chi connectivity index (χ4n) is 2.74. The number of carbonyl (C=O) groups is 1. The van der Waals surface area contributed by atoms with Crippen LogP contribution in [-0.4, -0.2) is 22.4 Å². The number of rotatable bonds is 4. The molecular weight excluding hydrogens is 256 g/mol. The number of thiophene rings is 1. The molecule has 106 valence electrons. The first-order chi connectivity index (χ1) is 9.03. The van der Waals surface area contributed by atoms with E-state index in [1.807, 2.05) is 11.0 Å². The molecule has 3 nitrogen and oxygen atoms in total. The summed E-state index contributed by atoms with van der Waals surface area (Å²) in [5.41, 5.74) is 5.76. The van der Waals surface area contributed by atoms with E-state index in [0.29, 0.717) is 6.54 Å². The number of carbonyl (C=O) groups excluding carboxylic acids is 1. The van der Waals surface area contributed by atoms with Gasteiger partial charge in [-0.05, 0) is 38.1 Å². The summed E-state index contributed by atoms with van der Waals surface area (Å²) in [6, 6.07) is 4.30. The van der Waals surface area contributed by atoms with Crippen LogP contribution >= 0.6 is 11.3 Å². The second-order valence-corrected chi connectivity index (χ2v) is 6.86. The van der Waals surface area contributed by atoms with Crippen LogP contribution in [0, 0.1) is 0 Å². The van der Waals surface area contributed by atoms with Crippen molar-refractivity contribution in [1.82, 2.24) is 4.90 Å². The van der Waals surface area contributed by atoms with Gasteiger partial charge in [0.15, 0.2) is 0 Å². The highest BCUT2D eigenvalue weighted by Gasteiger charge is 2.39. The largest absolute Gasteiger partial charge is 0.334 e. The highest BCUT2D eigenvalue weighted by atomic mass is 32.1. The SMILES string of the molecule is CC(C)N(Cc1cccs1)C(=O)C1(N)CCCCC1. The zero-order valence-electron chi connectivity index (χ0n) is 11.9. The number of hydrogen-bond donors (Lipinski definition) is 1. The minimum atomic E-state index is -0.625. The van der Waals surface area contributed by atoms with Crippen LogP contribution in [0.4, 0.5) is 0 Å². The maximum absolute atomic E-state index is 12.8. The Hall–Kier alpha value is -0.870. The lowest BCUT2D eigenvalue weighted by Gasteiger charge is -2.38. The van der Waals surface area contributed by atoms with Crippen molar-refractivity contribution in [1.29, 1.82) is 0 Å². The fraction of sp³-hybridized carbons (Fsp3) is 0.667. The lowest BCUT2D eigenvalue weighted by molar-refractivity contribution is -0.140. The van der Waals surface area contributed by atoms with Crippen molar-refractivity contribution in [2.75, 3.05) is 0 Å². The first-order valence-electron chi connectivity index (χ1n) is 7.15. The Kier molecular flexibility index (Phi) is 4.63. The molecule has 0 atom stereocenters. The second-order valence-electron chi connectivity index (χ2n) is 5.82. The summed E-state index contributed by atoms with van der Waals surface area (Å²) in [4.78, 5) is 16.0. The average Bonchev–Trinajstić information content (AvgIpc) is 2.88. The van der Waals surface area contributed by atoms with Gasteiger partial charge in [-0.25, -0.2) is 0 Å². The molecule has 2 rings (SSSR count). The molecule has 0 unspecified atom stereocenters. The number of amides is 1. The summed E-state index contributed by atoms with van der Waals surface area (Å²) in [5, 5.41) is 2.05. The van der Waals surface area contributed by atoms with Gasteiger partial charge in [-0.1, -0.05) is 25.3 Å². The van der Waals surface area contributed by atoms with Crippen LogP contribution in [-0.2, 0) is 11.3 Å². The fourth-order valence-corrected chi connectivity index (χ4v) is 3.44. The van der Waals surface area contributed by atoms with Gasteiger partial charge in [-0.15, -0.1) is 11.3 Å². The zero-order valence-corrected chi connectivity index (χ0v) is 12.7. The molecule has 1 aliphatic carbocycles. The molecule has 1 aliphatic rings. The molecule has 1 aromatic rings. The molecule has 4 heteroatoms. The first-order valence-corrected chi connectivity index (χ1v) is 8.03. The van der Waals surface area contributed by atoms with Crippen molar-refractivity contribution >= 4 is 17.2 Å². The van der Waals surface area contributed by atoms with Crippen LogP contribution in [0.5, 0.6) is 0 Å². The van der Waals surface area contributed by atoms with Gasteiger partial charge in [0.05, 0.1) is 12.1 Å². The first kappa shape index (κ1) is 14.5. The highest BCUT2D eigenvalue weighted by Crippen LogP contribution is 2.29. The number of hydrogen-bond acceptors (Lipinski definition) is 3. The predicted molar refractivity (Wildman–Crippen MR) is 80.0 cm³/mol. The molecule has 0 bridgehead atoms. The maximum atomic E-state index is 12.8. The third kappa shape index (κ3) is 3.37. The van der Waals surface area contributed by atoms with Crippen LogP contribution in [0.2, 0.25) is 0 Å². The van der Waals surface area contributed by atoms with Gasteiger partial charge < -0.3 is 10.6 Å². The Morgan fingerprint density at radius 1 is 1.42 bits per heavy atom. The normalized spacial score (nSPS) is 18.5. The van der Waals surface area contributed by atoms with E-state index in [1.165, 1.54) is 11.3 Å². The molecule has 0 radical (unpaired) electrons. The van der Waals surface area contributed by atoms with Crippen LogP contribution in [0.3, 0.4) is 0 Å². The number of nitrogens with two attached hydrogens (primary N) is 1. The predicted octanol–water partition coefficient (Wildman–Crippen LogP) is 3.15. The zero-order chi connectivity index (χ0) is 13.9. The van der Waals surface area contributed by atoms with E-state index >= 15 is 0 Å². The van der Waals surface area contributed by atoms with E-state index in [2.05, 4.69) is 25.3 Å². The van der Waals surface area contributed by atoms with Crippen molar-refractivity contribution in [2.24, 2.45) is 5.73 Å². The molecule has 0 spiro atoms. The van der Waals surface area contributed by atoms with E-state index in [0.717, 1.165) is 25.7 Å². The highest BCUT2D eigenvalue weighted by molar-refractivity contribution is 7.09. The van der Waals surface area contributed by atoms with E-state index in [4.69, 9.17) is 5.73 Å². The summed E-state index contributed by atoms with van der Waals surface area (Å²) in [7, 11) is 0. The van der Waals surface area contributed by atoms with E-state index in [-0.39, 0.29) is 11.9 Å². The van der Waals surface area contributed by atoms with Crippen molar-refractivity contribution in [2.45, 2.75) is 64.1 Å². The Bertz CT molecular complexity index is 408. The lowest BCUT2D eigenvalue weighted by Crippen LogP contribution is -2.57. The molecule has 0 saturated heterocycles. The van der Waals surface area contributed by atoms with Crippen LogP contribution in [0.25, 0.3) is 0 Å². The summed E-state index contributed by atoms with van der Waals surface area (Å²) >= 11 is 1.70. The van der Waals surface area contributed by atoms with Crippen molar-refractivity contribution in [3.63, 3.8) is 0 Å². The summed E-state index contributed by atoms with van der Waals surface area (Å²) in [5.74, 6) is 0.135. The maximum Gasteiger partial charge on any atom is 0.243 e. The van der Waals surface area contributed by atoms with Crippen LogP contribution in [0.1, 0.15) is 50.8 Å². The van der Waals surface area contributed by atoms with Gasteiger partial charge in [0.1, 0.15) is 0 Å². The molecular formula is C15H24N2OS. The van der Waals surface area contributed by atoms with E-state index < -0.39 is 5.54 Å². The van der Waals surface area contributed by atoms with Crippen molar-refractivity contribution in [3.05, 3.63) is 22.4 Å². The monoisotopic (exact) mass is 280 g/mol.